The third kappa shape index (κ3) is 2.31. The van der Waals surface area contributed by atoms with Crippen LogP contribution in [0.2, 0.25) is 0 Å². The van der Waals surface area contributed by atoms with Gasteiger partial charge in [0.15, 0.2) is 5.16 Å². The quantitative estimate of drug-likeness (QED) is 0.653. The Hall–Kier alpha value is -1.60. The summed E-state index contributed by atoms with van der Waals surface area (Å²) in [6.07, 6.45) is 0. The lowest BCUT2D eigenvalue weighted by molar-refractivity contribution is 0.415. The van der Waals surface area contributed by atoms with Gasteiger partial charge in [-0.3, -0.25) is 0 Å². The van der Waals surface area contributed by atoms with Crippen LogP contribution in [-0.4, -0.2) is 22.8 Å². The van der Waals surface area contributed by atoms with Gasteiger partial charge in [0.05, 0.1) is 23.9 Å². The molecule has 16 heavy (non-hydrogen) atoms. The normalized spacial score (nSPS) is 9.88. The first-order valence-corrected chi connectivity index (χ1v) is 5.88. The van der Waals surface area contributed by atoms with Gasteiger partial charge >= 0.3 is 0 Å². The summed E-state index contributed by atoms with van der Waals surface area (Å²) >= 11 is 1.60. The molecule has 1 N–H and O–H groups in total. The Morgan fingerprint density at radius 1 is 1.50 bits per heavy atom. The van der Waals surface area contributed by atoms with Crippen molar-refractivity contribution in [1.82, 2.24) is 9.97 Å². The standard InChI is InChI=1S/C12H12N2OS/c1-3-4-7-16-12-13-10-6-5-9(15-2)8-11(10)14-12/h5-6,8H,7H2,1-2H3,(H,13,14). The summed E-state index contributed by atoms with van der Waals surface area (Å²) in [6.45, 7) is 1.84. The number of aromatic nitrogens is 2. The van der Waals surface area contributed by atoms with Crippen LogP contribution in [0, 0.1) is 11.8 Å². The van der Waals surface area contributed by atoms with Crippen molar-refractivity contribution in [2.75, 3.05) is 12.9 Å². The molecule has 4 heteroatoms. The maximum atomic E-state index is 5.15. The molecule has 2 rings (SSSR count). The lowest BCUT2D eigenvalue weighted by Gasteiger charge is -1.96. The van der Waals surface area contributed by atoms with Crippen LogP contribution < -0.4 is 4.74 Å². The molecule has 0 amide bonds. The number of nitrogens with zero attached hydrogens (tertiary/aromatic N) is 1. The molecule has 0 unspecified atom stereocenters. The Kier molecular flexibility index (Phi) is 3.37. The first-order valence-electron chi connectivity index (χ1n) is 4.89. The van der Waals surface area contributed by atoms with Crippen LogP contribution in [0.1, 0.15) is 6.92 Å². The molecule has 2 aromatic rings. The molecule has 0 fully saturated rings. The molecular weight excluding hydrogens is 220 g/mol. The topological polar surface area (TPSA) is 37.9 Å². The van der Waals surface area contributed by atoms with Gasteiger partial charge in [0.1, 0.15) is 5.75 Å². The van der Waals surface area contributed by atoms with E-state index in [-0.39, 0.29) is 0 Å². The Bertz CT molecular complexity index is 551. The van der Waals surface area contributed by atoms with Gasteiger partial charge < -0.3 is 9.72 Å². The first kappa shape index (κ1) is 10.9. The second-order valence-corrected chi connectivity index (χ2v) is 4.10. The smallest absolute Gasteiger partial charge is 0.167 e. The Morgan fingerprint density at radius 2 is 2.38 bits per heavy atom. The maximum absolute atomic E-state index is 5.15. The predicted octanol–water partition coefficient (Wildman–Crippen LogP) is 2.69. The molecule has 0 saturated heterocycles. The number of hydrogen-bond acceptors (Lipinski definition) is 3. The summed E-state index contributed by atoms with van der Waals surface area (Å²) < 4.78 is 5.15. The van der Waals surface area contributed by atoms with Crippen molar-refractivity contribution in [3.8, 4) is 17.6 Å². The van der Waals surface area contributed by atoms with E-state index in [1.165, 1.54) is 0 Å². The molecule has 3 nitrogen and oxygen atoms in total. The van der Waals surface area contributed by atoms with Gasteiger partial charge in [-0.15, -0.1) is 5.92 Å². The lowest BCUT2D eigenvalue weighted by Crippen LogP contribution is -1.81. The van der Waals surface area contributed by atoms with Crippen LogP contribution in [0.15, 0.2) is 23.4 Å². The van der Waals surface area contributed by atoms with E-state index in [0.717, 1.165) is 27.7 Å². The van der Waals surface area contributed by atoms with Gasteiger partial charge in [0.25, 0.3) is 0 Å². The minimum absolute atomic E-state index is 0.757. The van der Waals surface area contributed by atoms with Gasteiger partial charge in [0.2, 0.25) is 0 Å². The van der Waals surface area contributed by atoms with Crippen LogP contribution in [0.25, 0.3) is 11.0 Å². The summed E-state index contributed by atoms with van der Waals surface area (Å²) in [6, 6.07) is 5.79. The SMILES string of the molecule is CC#CCSc1nc2ccc(OC)cc2[nH]1. The van der Waals surface area contributed by atoms with Gasteiger partial charge in [-0.25, -0.2) is 4.98 Å². The number of H-pyrrole nitrogens is 1. The number of imidazole rings is 1. The third-order valence-corrected chi connectivity index (χ3v) is 2.88. The van der Waals surface area contributed by atoms with E-state index in [4.69, 9.17) is 4.74 Å². The lowest BCUT2D eigenvalue weighted by atomic mass is 10.3. The van der Waals surface area contributed by atoms with E-state index in [1.807, 2.05) is 25.1 Å². The summed E-state index contributed by atoms with van der Waals surface area (Å²) in [5, 5.41) is 0.894. The molecule has 0 saturated carbocycles. The van der Waals surface area contributed by atoms with E-state index in [2.05, 4.69) is 21.8 Å². The molecule has 1 aromatic heterocycles. The zero-order valence-electron chi connectivity index (χ0n) is 9.20. The second kappa shape index (κ2) is 4.95. The van der Waals surface area contributed by atoms with Crippen molar-refractivity contribution in [1.29, 1.82) is 0 Å². The van der Waals surface area contributed by atoms with Crippen molar-refractivity contribution in [2.24, 2.45) is 0 Å². The highest BCUT2D eigenvalue weighted by Crippen LogP contribution is 2.22. The van der Waals surface area contributed by atoms with Crippen molar-refractivity contribution in [2.45, 2.75) is 12.1 Å². The molecule has 0 atom stereocenters. The van der Waals surface area contributed by atoms with Crippen molar-refractivity contribution < 1.29 is 4.74 Å². The zero-order valence-corrected chi connectivity index (χ0v) is 10.0. The monoisotopic (exact) mass is 232 g/mol. The summed E-state index contributed by atoms with van der Waals surface area (Å²) in [4.78, 5) is 7.68. The van der Waals surface area contributed by atoms with Crippen LogP contribution >= 0.6 is 11.8 Å². The fraction of sp³-hybridized carbons (Fsp3) is 0.250. The first-order chi connectivity index (χ1) is 7.83. The third-order valence-electron chi connectivity index (χ3n) is 2.13. The molecule has 1 heterocycles. The van der Waals surface area contributed by atoms with Gasteiger partial charge in [-0.05, 0) is 19.1 Å². The highest BCUT2D eigenvalue weighted by Gasteiger charge is 2.03. The number of hydrogen-bond donors (Lipinski definition) is 1. The summed E-state index contributed by atoms with van der Waals surface area (Å²) in [5.74, 6) is 7.44. The van der Waals surface area contributed by atoms with Gasteiger partial charge in [-0.2, -0.15) is 0 Å². The molecule has 0 aliphatic rings. The minimum atomic E-state index is 0.757. The average molecular weight is 232 g/mol. The molecular formula is C12H12N2OS. The second-order valence-electron chi connectivity index (χ2n) is 3.14. The van der Waals surface area contributed by atoms with Crippen molar-refractivity contribution >= 4 is 22.8 Å². The Balaban J connectivity index is 2.24. The number of aromatic amines is 1. The van der Waals surface area contributed by atoms with Gasteiger partial charge in [0, 0.05) is 6.07 Å². The van der Waals surface area contributed by atoms with E-state index >= 15 is 0 Å². The predicted molar refractivity (Wildman–Crippen MR) is 66.8 cm³/mol. The van der Waals surface area contributed by atoms with Crippen LogP contribution in [0.4, 0.5) is 0 Å². The van der Waals surface area contributed by atoms with Crippen molar-refractivity contribution in [3.63, 3.8) is 0 Å². The largest absolute Gasteiger partial charge is 0.497 e. The number of thioether (sulfide) groups is 1. The Labute approximate surface area is 98.6 Å². The fourth-order valence-electron chi connectivity index (χ4n) is 1.34. The maximum Gasteiger partial charge on any atom is 0.167 e. The number of rotatable bonds is 3. The van der Waals surface area contributed by atoms with Crippen LogP contribution in [-0.2, 0) is 0 Å². The van der Waals surface area contributed by atoms with Crippen LogP contribution in [0.3, 0.4) is 0 Å². The van der Waals surface area contributed by atoms with E-state index in [1.54, 1.807) is 18.9 Å². The molecule has 0 radical (unpaired) electrons. The number of nitrogens with one attached hydrogen (secondary N) is 1. The minimum Gasteiger partial charge on any atom is -0.497 e. The number of benzene rings is 1. The molecule has 0 bridgehead atoms. The molecule has 1 aromatic carbocycles. The molecule has 82 valence electrons. The zero-order chi connectivity index (χ0) is 11.4. The average Bonchev–Trinajstić information content (AvgIpc) is 2.70. The number of fused-ring (bicyclic) bond motifs is 1. The van der Waals surface area contributed by atoms with E-state index < -0.39 is 0 Å². The highest BCUT2D eigenvalue weighted by molar-refractivity contribution is 7.99. The van der Waals surface area contributed by atoms with Crippen LogP contribution in [0.5, 0.6) is 5.75 Å². The number of methoxy groups -OCH3 is 1. The van der Waals surface area contributed by atoms with Crippen molar-refractivity contribution in [3.05, 3.63) is 18.2 Å². The molecule has 0 aliphatic carbocycles. The Morgan fingerprint density at radius 3 is 3.12 bits per heavy atom. The van der Waals surface area contributed by atoms with E-state index in [9.17, 15) is 0 Å². The van der Waals surface area contributed by atoms with E-state index in [0.29, 0.717) is 0 Å². The summed E-state index contributed by atoms with van der Waals surface area (Å²) in [5.41, 5.74) is 1.94. The van der Waals surface area contributed by atoms with Gasteiger partial charge in [-0.1, -0.05) is 17.7 Å². The summed E-state index contributed by atoms with van der Waals surface area (Å²) in [7, 11) is 1.66. The fourth-order valence-corrected chi connectivity index (χ4v) is 2.04. The number of ether oxygens (including phenoxy) is 1. The molecule has 0 spiro atoms. The molecule has 0 aliphatic heterocycles. The highest BCUT2D eigenvalue weighted by atomic mass is 32.2.